The van der Waals surface area contributed by atoms with Crippen LogP contribution in [0, 0.1) is 5.92 Å². The van der Waals surface area contributed by atoms with Gasteiger partial charge in [-0.3, -0.25) is 9.59 Å². The molecule has 0 saturated heterocycles. The van der Waals surface area contributed by atoms with Gasteiger partial charge in [-0.15, -0.1) is 0 Å². The van der Waals surface area contributed by atoms with Crippen LogP contribution in [-0.4, -0.2) is 46.0 Å². The number of esters is 1. The van der Waals surface area contributed by atoms with E-state index in [1.807, 2.05) is 0 Å². The molecule has 0 aromatic carbocycles. The summed E-state index contributed by atoms with van der Waals surface area (Å²) < 4.78 is 4.90. The summed E-state index contributed by atoms with van der Waals surface area (Å²) >= 11 is 4.15. The maximum Gasteiger partial charge on any atom is 0.303 e. The van der Waals surface area contributed by atoms with Crippen molar-refractivity contribution < 1.29 is 24.5 Å². The van der Waals surface area contributed by atoms with E-state index in [1.165, 1.54) is 6.92 Å². The molecule has 0 radical (unpaired) electrons. The lowest BCUT2D eigenvalue weighted by molar-refractivity contribution is -0.152. The Balaban J connectivity index is 2.47. The second kappa shape index (κ2) is 6.37. The number of Topliss-reactive ketones (excluding diaryl/α,β-unsaturated/α-hetero) is 1. The molecule has 6 heteroatoms. The molecule has 1 aliphatic rings. The van der Waals surface area contributed by atoms with Gasteiger partial charge in [0.05, 0.1) is 12.7 Å². The first-order valence-corrected chi connectivity index (χ1v) is 6.15. The van der Waals surface area contributed by atoms with Gasteiger partial charge in [0.25, 0.3) is 0 Å². The van der Waals surface area contributed by atoms with Crippen molar-refractivity contribution in [2.45, 2.75) is 43.6 Å². The summed E-state index contributed by atoms with van der Waals surface area (Å²) in [6, 6.07) is 0. The molecule has 0 aromatic rings. The molecule has 98 valence electrons. The van der Waals surface area contributed by atoms with Crippen molar-refractivity contribution >= 4 is 24.4 Å². The molecule has 0 heterocycles. The van der Waals surface area contributed by atoms with Crippen molar-refractivity contribution in [3.8, 4) is 0 Å². The maximum atomic E-state index is 11.8. The number of aliphatic hydroxyl groups excluding tert-OH is 2. The molecule has 0 bridgehead atoms. The Labute approximate surface area is 106 Å². The van der Waals surface area contributed by atoms with Crippen molar-refractivity contribution in [1.82, 2.24) is 0 Å². The predicted molar refractivity (Wildman–Crippen MR) is 63.8 cm³/mol. The average molecular weight is 262 g/mol. The van der Waals surface area contributed by atoms with E-state index >= 15 is 0 Å². The quantitative estimate of drug-likeness (QED) is 0.477. The second-order valence-corrected chi connectivity index (χ2v) is 4.99. The number of carbonyl (C=O) groups excluding carboxylic acids is 2. The minimum atomic E-state index is -0.932. The Bertz CT molecular complexity index is 294. The third-order valence-electron chi connectivity index (χ3n) is 2.96. The highest BCUT2D eigenvalue weighted by molar-refractivity contribution is 7.81. The average Bonchev–Trinajstić information content (AvgIpc) is 2.59. The van der Waals surface area contributed by atoms with Gasteiger partial charge in [-0.25, -0.2) is 0 Å². The van der Waals surface area contributed by atoms with Gasteiger partial charge in [0.1, 0.15) is 0 Å². The Morgan fingerprint density at radius 3 is 2.76 bits per heavy atom. The van der Waals surface area contributed by atoms with Crippen molar-refractivity contribution in [2.24, 2.45) is 5.92 Å². The van der Waals surface area contributed by atoms with E-state index in [1.54, 1.807) is 0 Å². The molecule has 1 saturated carbocycles. The number of hydrogen-bond acceptors (Lipinski definition) is 6. The number of thiol groups is 1. The zero-order chi connectivity index (χ0) is 13.0. The first-order valence-electron chi connectivity index (χ1n) is 5.63. The molecule has 4 atom stereocenters. The minimum Gasteiger partial charge on any atom is -0.455 e. The number of carbonyl (C=O) groups is 2. The summed E-state index contributed by atoms with van der Waals surface area (Å²) in [6.45, 7) is 0.903. The van der Waals surface area contributed by atoms with Crippen LogP contribution < -0.4 is 0 Å². The van der Waals surface area contributed by atoms with Gasteiger partial charge in [-0.2, -0.15) is 12.6 Å². The summed E-state index contributed by atoms with van der Waals surface area (Å²) in [5, 5.41) is 17.7. The summed E-state index contributed by atoms with van der Waals surface area (Å²) in [4.78, 5) is 22.6. The highest BCUT2D eigenvalue weighted by atomic mass is 32.1. The predicted octanol–water partition coefficient (Wildman–Crippen LogP) is -0.0611. The first-order chi connectivity index (χ1) is 7.95. The number of aliphatic hydroxyl groups is 2. The Hall–Kier alpha value is -0.590. The molecule has 1 rings (SSSR count). The highest BCUT2D eigenvalue weighted by Crippen LogP contribution is 2.30. The summed E-state index contributed by atoms with van der Waals surface area (Å²) in [6.07, 6.45) is -0.0325. The third kappa shape index (κ3) is 3.97. The standard InChI is InChI=1S/C11H18O5S/c1-6(13)16-9-3-2-7(11(9)15)4-10(17)8(14)5-12/h7-10,12,14,17H,2-5H2,1H3. The largest absolute Gasteiger partial charge is 0.455 e. The van der Waals surface area contributed by atoms with Gasteiger partial charge >= 0.3 is 5.97 Å². The Morgan fingerprint density at radius 2 is 2.24 bits per heavy atom. The molecule has 0 spiro atoms. The number of hydrogen-bond donors (Lipinski definition) is 3. The van der Waals surface area contributed by atoms with Crippen LogP contribution in [0.3, 0.4) is 0 Å². The molecule has 4 unspecified atom stereocenters. The Kier molecular flexibility index (Phi) is 5.42. The number of ether oxygens (including phenoxy) is 1. The summed E-state index contributed by atoms with van der Waals surface area (Å²) in [5.41, 5.74) is 0. The number of rotatable bonds is 5. The van der Waals surface area contributed by atoms with E-state index in [4.69, 9.17) is 9.84 Å². The second-order valence-electron chi connectivity index (χ2n) is 4.33. The molecule has 0 aliphatic heterocycles. The van der Waals surface area contributed by atoms with E-state index in [0.717, 1.165) is 0 Å². The van der Waals surface area contributed by atoms with E-state index in [2.05, 4.69) is 12.6 Å². The van der Waals surface area contributed by atoms with E-state index in [0.29, 0.717) is 19.3 Å². The maximum absolute atomic E-state index is 11.8. The fourth-order valence-corrected chi connectivity index (χ4v) is 2.37. The van der Waals surface area contributed by atoms with Gasteiger partial charge in [0.15, 0.2) is 11.9 Å². The van der Waals surface area contributed by atoms with Crippen LogP contribution in [0.1, 0.15) is 26.2 Å². The van der Waals surface area contributed by atoms with Gasteiger partial charge < -0.3 is 14.9 Å². The smallest absolute Gasteiger partial charge is 0.303 e. The number of ketones is 1. The van der Waals surface area contributed by atoms with Gasteiger partial charge in [0, 0.05) is 18.1 Å². The van der Waals surface area contributed by atoms with Crippen LogP contribution in [0.2, 0.25) is 0 Å². The van der Waals surface area contributed by atoms with Crippen LogP contribution in [-0.2, 0) is 14.3 Å². The summed E-state index contributed by atoms with van der Waals surface area (Å²) in [7, 11) is 0. The van der Waals surface area contributed by atoms with E-state index in [-0.39, 0.29) is 18.3 Å². The molecular formula is C11H18O5S. The topological polar surface area (TPSA) is 83.8 Å². The molecule has 0 aromatic heterocycles. The van der Waals surface area contributed by atoms with Crippen molar-refractivity contribution in [3.05, 3.63) is 0 Å². The zero-order valence-corrected chi connectivity index (χ0v) is 10.6. The van der Waals surface area contributed by atoms with Gasteiger partial charge in [0.2, 0.25) is 0 Å². The summed E-state index contributed by atoms with van der Waals surface area (Å²) in [5.74, 6) is -0.811. The van der Waals surface area contributed by atoms with Gasteiger partial charge in [-0.05, 0) is 19.3 Å². The SMILES string of the molecule is CC(=O)OC1CCC(CC(S)C(O)CO)C1=O. The molecule has 0 amide bonds. The van der Waals surface area contributed by atoms with Crippen LogP contribution in [0.15, 0.2) is 0 Å². The van der Waals surface area contributed by atoms with Crippen LogP contribution in [0.5, 0.6) is 0 Å². The molecule has 17 heavy (non-hydrogen) atoms. The molecule has 1 aliphatic carbocycles. The highest BCUT2D eigenvalue weighted by Gasteiger charge is 2.37. The fourth-order valence-electron chi connectivity index (χ4n) is 2.02. The Morgan fingerprint density at radius 1 is 1.59 bits per heavy atom. The normalized spacial score (nSPS) is 27.9. The lowest BCUT2D eigenvalue weighted by Crippen LogP contribution is -2.30. The van der Waals surface area contributed by atoms with Crippen LogP contribution >= 0.6 is 12.6 Å². The van der Waals surface area contributed by atoms with E-state index in [9.17, 15) is 14.7 Å². The molecule has 1 fully saturated rings. The van der Waals surface area contributed by atoms with Gasteiger partial charge in [-0.1, -0.05) is 0 Å². The van der Waals surface area contributed by atoms with Crippen LogP contribution in [0.4, 0.5) is 0 Å². The fraction of sp³-hybridized carbons (Fsp3) is 0.818. The van der Waals surface area contributed by atoms with Crippen molar-refractivity contribution in [2.75, 3.05) is 6.61 Å². The van der Waals surface area contributed by atoms with Crippen LogP contribution in [0.25, 0.3) is 0 Å². The first kappa shape index (κ1) is 14.5. The molecule has 5 nitrogen and oxygen atoms in total. The minimum absolute atomic E-state index is 0.107. The molecular weight excluding hydrogens is 244 g/mol. The van der Waals surface area contributed by atoms with Crippen molar-refractivity contribution in [3.63, 3.8) is 0 Å². The molecule has 2 N–H and O–H groups in total. The van der Waals surface area contributed by atoms with Crippen molar-refractivity contribution in [1.29, 1.82) is 0 Å². The monoisotopic (exact) mass is 262 g/mol. The van der Waals surface area contributed by atoms with E-state index < -0.39 is 23.4 Å². The third-order valence-corrected chi connectivity index (χ3v) is 3.52. The lowest BCUT2D eigenvalue weighted by atomic mass is 9.98. The lowest BCUT2D eigenvalue weighted by Gasteiger charge is -2.18. The zero-order valence-electron chi connectivity index (χ0n) is 9.70.